The van der Waals surface area contributed by atoms with Crippen molar-refractivity contribution >= 4 is 11.3 Å². The van der Waals surface area contributed by atoms with Gasteiger partial charge in [0.05, 0.1) is 5.69 Å². The third-order valence-corrected chi connectivity index (χ3v) is 3.60. The Balaban J connectivity index is 1.99. The molecule has 0 amide bonds. The molecule has 3 heterocycles. The minimum absolute atomic E-state index is 0.374. The molecule has 0 radical (unpaired) electrons. The van der Waals surface area contributed by atoms with Gasteiger partial charge in [-0.3, -0.25) is 4.68 Å². The molecule has 6 heteroatoms. The number of nitrogens with zero attached hydrogens (tertiary/aromatic N) is 4. The van der Waals surface area contributed by atoms with Crippen LogP contribution in [0.2, 0.25) is 0 Å². The van der Waals surface area contributed by atoms with Gasteiger partial charge < -0.3 is 4.52 Å². The molecule has 19 heavy (non-hydrogen) atoms. The Hall–Kier alpha value is -1.95. The summed E-state index contributed by atoms with van der Waals surface area (Å²) in [6.07, 6.45) is 0. The van der Waals surface area contributed by atoms with Crippen LogP contribution in [0.3, 0.4) is 0 Å². The van der Waals surface area contributed by atoms with E-state index in [1.807, 2.05) is 29.9 Å². The summed E-state index contributed by atoms with van der Waals surface area (Å²) in [6, 6.07) is 3.97. The van der Waals surface area contributed by atoms with Crippen LogP contribution in [0.1, 0.15) is 25.5 Å². The molecule has 5 nitrogen and oxygen atoms in total. The molecule has 0 unspecified atom stereocenters. The van der Waals surface area contributed by atoms with Crippen LogP contribution < -0.4 is 0 Å². The standard InChI is InChI=1S/C13H14N4OS/c1-8(2)10-6-11(17(3)15-10)13-14-12(16-18-13)9-4-5-19-7-9/h4-8H,1-3H3. The maximum atomic E-state index is 5.33. The fourth-order valence-corrected chi connectivity index (χ4v) is 2.44. The van der Waals surface area contributed by atoms with Gasteiger partial charge in [0.2, 0.25) is 5.82 Å². The van der Waals surface area contributed by atoms with E-state index in [9.17, 15) is 0 Å². The molecule has 3 aromatic heterocycles. The first-order valence-electron chi connectivity index (χ1n) is 6.05. The van der Waals surface area contributed by atoms with Crippen LogP contribution in [0.4, 0.5) is 0 Å². The van der Waals surface area contributed by atoms with Crippen LogP contribution in [0.5, 0.6) is 0 Å². The lowest BCUT2D eigenvalue weighted by Gasteiger charge is -1.95. The summed E-state index contributed by atoms with van der Waals surface area (Å²) in [7, 11) is 1.88. The molecule has 0 N–H and O–H groups in total. The van der Waals surface area contributed by atoms with Crippen LogP contribution >= 0.6 is 11.3 Å². The number of rotatable bonds is 3. The zero-order valence-corrected chi connectivity index (χ0v) is 11.8. The van der Waals surface area contributed by atoms with Gasteiger partial charge in [-0.05, 0) is 23.4 Å². The van der Waals surface area contributed by atoms with Crippen LogP contribution in [0.15, 0.2) is 27.4 Å². The molecule has 0 aliphatic rings. The molecule has 0 spiro atoms. The molecule has 0 aliphatic carbocycles. The van der Waals surface area contributed by atoms with Crippen molar-refractivity contribution in [3.8, 4) is 23.0 Å². The lowest BCUT2D eigenvalue weighted by atomic mass is 10.1. The number of hydrogen-bond donors (Lipinski definition) is 0. The first-order chi connectivity index (χ1) is 9.15. The fourth-order valence-electron chi connectivity index (χ4n) is 1.81. The van der Waals surface area contributed by atoms with E-state index in [1.165, 1.54) is 0 Å². The van der Waals surface area contributed by atoms with E-state index in [2.05, 4.69) is 29.1 Å². The lowest BCUT2D eigenvalue weighted by Crippen LogP contribution is -1.95. The van der Waals surface area contributed by atoms with Gasteiger partial charge in [0, 0.05) is 18.0 Å². The minimum atomic E-state index is 0.374. The van der Waals surface area contributed by atoms with Gasteiger partial charge in [0.15, 0.2) is 0 Å². The molecule has 3 aromatic rings. The topological polar surface area (TPSA) is 56.7 Å². The monoisotopic (exact) mass is 274 g/mol. The summed E-state index contributed by atoms with van der Waals surface area (Å²) in [4.78, 5) is 4.42. The molecule has 0 saturated carbocycles. The second kappa shape index (κ2) is 4.62. The van der Waals surface area contributed by atoms with Crippen molar-refractivity contribution < 1.29 is 4.52 Å². The van der Waals surface area contributed by atoms with Gasteiger partial charge in [-0.25, -0.2) is 0 Å². The number of aryl methyl sites for hydroxylation is 1. The molecule has 0 saturated heterocycles. The van der Waals surface area contributed by atoms with Crippen LogP contribution in [0, 0.1) is 0 Å². The van der Waals surface area contributed by atoms with Crippen molar-refractivity contribution in [2.75, 3.05) is 0 Å². The van der Waals surface area contributed by atoms with E-state index in [0.29, 0.717) is 17.6 Å². The van der Waals surface area contributed by atoms with Gasteiger partial charge in [-0.1, -0.05) is 19.0 Å². The Morgan fingerprint density at radius 1 is 1.37 bits per heavy atom. The van der Waals surface area contributed by atoms with Gasteiger partial charge in [0.1, 0.15) is 5.69 Å². The molecule has 3 rings (SSSR count). The molecule has 98 valence electrons. The SMILES string of the molecule is CC(C)c1cc(-c2nc(-c3ccsc3)no2)n(C)n1. The second-order valence-corrected chi connectivity index (χ2v) is 5.45. The fraction of sp³-hybridized carbons (Fsp3) is 0.308. The molecular formula is C13H14N4OS. The highest BCUT2D eigenvalue weighted by Gasteiger charge is 2.16. The molecular weight excluding hydrogens is 260 g/mol. The normalized spacial score (nSPS) is 11.4. The summed E-state index contributed by atoms with van der Waals surface area (Å²) < 4.78 is 7.11. The highest BCUT2D eigenvalue weighted by Crippen LogP contribution is 2.25. The predicted molar refractivity (Wildman–Crippen MR) is 73.9 cm³/mol. The van der Waals surface area contributed by atoms with E-state index in [0.717, 1.165) is 17.0 Å². The predicted octanol–water partition coefficient (Wildman–Crippen LogP) is 3.32. The Morgan fingerprint density at radius 3 is 2.84 bits per heavy atom. The first kappa shape index (κ1) is 12.1. The molecule has 0 atom stereocenters. The molecule has 0 aromatic carbocycles. The zero-order valence-electron chi connectivity index (χ0n) is 11.0. The number of aromatic nitrogens is 4. The van der Waals surface area contributed by atoms with Crippen molar-refractivity contribution in [2.45, 2.75) is 19.8 Å². The maximum Gasteiger partial charge on any atom is 0.276 e. The Labute approximate surface area is 114 Å². The van der Waals surface area contributed by atoms with Crippen molar-refractivity contribution in [1.82, 2.24) is 19.9 Å². The van der Waals surface area contributed by atoms with Crippen molar-refractivity contribution in [3.63, 3.8) is 0 Å². The minimum Gasteiger partial charge on any atom is -0.332 e. The highest BCUT2D eigenvalue weighted by atomic mass is 32.1. The van der Waals surface area contributed by atoms with E-state index < -0.39 is 0 Å². The summed E-state index contributed by atoms with van der Waals surface area (Å²) in [5.74, 6) is 1.49. The third kappa shape index (κ3) is 2.19. The first-order valence-corrected chi connectivity index (χ1v) is 7.00. The largest absolute Gasteiger partial charge is 0.332 e. The average molecular weight is 274 g/mol. The van der Waals surface area contributed by atoms with E-state index in [4.69, 9.17) is 4.52 Å². The summed E-state index contributed by atoms with van der Waals surface area (Å²) in [5.41, 5.74) is 2.84. The van der Waals surface area contributed by atoms with E-state index in [-0.39, 0.29) is 0 Å². The Bertz CT molecular complexity index is 681. The molecule has 0 bridgehead atoms. The average Bonchev–Trinajstić information content (AvgIpc) is 3.07. The van der Waals surface area contributed by atoms with Gasteiger partial charge in [-0.15, -0.1) is 0 Å². The second-order valence-electron chi connectivity index (χ2n) is 4.67. The van der Waals surface area contributed by atoms with Crippen molar-refractivity contribution in [2.24, 2.45) is 7.05 Å². The highest BCUT2D eigenvalue weighted by molar-refractivity contribution is 7.08. The molecule has 0 fully saturated rings. The van der Waals surface area contributed by atoms with E-state index >= 15 is 0 Å². The Kier molecular flexibility index (Phi) is 2.94. The zero-order chi connectivity index (χ0) is 13.4. The summed E-state index contributed by atoms with van der Waals surface area (Å²) in [6.45, 7) is 4.22. The van der Waals surface area contributed by atoms with Gasteiger partial charge >= 0.3 is 0 Å². The van der Waals surface area contributed by atoms with Crippen molar-refractivity contribution in [3.05, 3.63) is 28.6 Å². The molecule has 0 aliphatic heterocycles. The third-order valence-electron chi connectivity index (χ3n) is 2.91. The number of thiophene rings is 1. The van der Waals surface area contributed by atoms with Crippen LogP contribution in [-0.2, 0) is 7.05 Å². The van der Waals surface area contributed by atoms with Crippen LogP contribution in [0.25, 0.3) is 23.0 Å². The van der Waals surface area contributed by atoms with E-state index in [1.54, 1.807) is 16.0 Å². The maximum absolute atomic E-state index is 5.33. The lowest BCUT2D eigenvalue weighted by molar-refractivity contribution is 0.428. The van der Waals surface area contributed by atoms with Crippen molar-refractivity contribution in [1.29, 1.82) is 0 Å². The summed E-state index contributed by atoms with van der Waals surface area (Å²) in [5, 5.41) is 12.4. The van der Waals surface area contributed by atoms with Crippen LogP contribution in [-0.4, -0.2) is 19.9 Å². The van der Waals surface area contributed by atoms with Gasteiger partial charge in [0.25, 0.3) is 5.89 Å². The quantitative estimate of drug-likeness (QED) is 0.735. The summed E-state index contributed by atoms with van der Waals surface area (Å²) >= 11 is 1.61. The smallest absolute Gasteiger partial charge is 0.276 e. The number of hydrogen-bond acceptors (Lipinski definition) is 5. The van der Waals surface area contributed by atoms with Gasteiger partial charge in [-0.2, -0.15) is 21.4 Å². The Morgan fingerprint density at radius 2 is 2.21 bits per heavy atom.